The van der Waals surface area contributed by atoms with Crippen molar-refractivity contribution >= 4 is 32.6 Å². The van der Waals surface area contributed by atoms with Gasteiger partial charge in [0.15, 0.2) is 11.0 Å². The predicted octanol–water partition coefficient (Wildman–Crippen LogP) is 2.90. The summed E-state index contributed by atoms with van der Waals surface area (Å²) in [6.45, 7) is 0.248. The molecular formula is C23H26N4O5S. The van der Waals surface area contributed by atoms with Gasteiger partial charge >= 0.3 is 0 Å². The lowest BCUT2D eigenvalue weighted by Crippen LogP contribution is -2.22. The van der Waals surface area contributed by atoms with E-state index < -0.39 is 6.10 Å². The minimum absolute atomic E-state index is 0.00318. The Hall–Kier alpha value is -2.66. The van der Waals surface area contributed by atoms with Crippen molar-refractivity contribution in [3.8, 4) is 16.9 Å². The molecular weight excluding hydrogens is 444 g/mol. The molecule has 0 radical (unpaired) electrons. The van der Waals surface area contributed by atoms with Crippen LogP contribution in [0.2, 0.25) is 0 Å². The fraction of sp³-hybridized carbons (Fsp3) is 0.478. The van der Waals surface area contributed by atoms with Crippen LogP contribution in [0.5, 0.6) is 5.75 Å². The lowest BCUT2D eigenvalue weighted by atomic mass is 10.1. The summed E-state index contributed by atoms with van der Waals surface area (Å²) >= 11 is 1.35. The smallest absolute Gasteiger partial charge is 0.229 e. The standard InChI is InChI=1S/C23H26N4O5S/c28-8-9-31-20-15(6-7-16-21(20)33-23(26-16)27-22(30)13-4-5-13)14-10-24-19(25-11-14)12-32-18-3-1-2-17(18)29/h6-7,10-11,13,17-18,28-29H,1-5,8-9,12H2,(H,26,27,30)/t17-,18-/m0/s1. The van der Waals surface area contributed by atoms with Crippen molar-refractivity contribution in [2.45, 2.75) is 50.9 Å². The second kappa shape index (κ2) is 9.68. The number of fused-ring (bicyclic) bond motifs is 1. The van der Waals surface area contributed by atoms with Crippen LogP contribution in [0.3, 0.4) is 0 Å². The number of hydrogen-bond donors (Lipinski definition) is 3. The fourth-order valence-corrected chi connectivity index (χ4v) is 4.91. The normalized spacial score (nSPS) is 20.3. The van der Waals surface area contributed by atoms with Crippen LogP contribution in [-0.4, -0.2) is 56.5 Å². The van der Waals surface area contributed by atoms with Crippen LogP contribution >= 0.6 is 11.3 Å². The van der Waals surface area contributed by atoms with Gasteiger partial charge in [0.25, 0.3) is 0 Å². The highest BCUT2D eigenvalue weighted by Crippen LogP contribution is 2.41. The molecule has 10 heteroatoms. The van der Waals surface area contributed by atoms with Gasteiger partial charge in [-0.25, -0.2) is 15.0 Å². The van der Waals surface area contributed by atoms with Gasteiger partial charge in [-0.05, 0) is 44.2 Å². The minimum Gasteiger partial charge on any atom is -0.489 e. The lowest BCUT2D eigenvalue weighted by molar-refractivity contribution is -0.117. The van der Waals surface area contributed by atoms with Crippen LogP contribution in [0.1, 0.15) is 37.9 Å². The average Bonchev–Trinajstić information content (AvgIpc) is 3.48. The molecule has 0 bridgehead atoms. The maximum atomic E-state index is 12.1. The van der Waals surface area contributed by atoms with E-state index >= 15 is 0 Å². The average molecular weight is 471 g/mol. The van der Waals surface area contributed by atoms with E-state index in [4.69, 9.17) is 9.47 Å². The molecule has 1 aromatic carbocycles. The van der Waals surface area contributed by atoms with Gasteiger partial charge in [0.2, 0.25) is 5.91 Å². The summed E-state index contributed by atoms with van der Waals surface area (Å²) in [6.07, 6.45) is 7.28. The first kappa shape index (κ1) is 22.1. The number of carbonyl (C=O) groups excluding carboxylic acids is 1. The van der Waals surface area contributed by atoms with Crippen LogP contribution in [0.15, 0.2) is 24.5 Å². The number of carbonyl (C=O) groups is 1. The van der Waals surface area contributed by atoms with Gasteiger partial charge in [-0.2, -0.15) is 0 Å². The van der Waals surface area contributed by atoms with Crippen molar-refractivity contribution in [1.82, 2.24) is 15.0 Å². The molecule has 0 spiro atoms. The molecule has 2 saturated carbocycles. The van der Waals surface area contributed by atoms with E-state index in [0.717, 1.165) is 47.9 Å². The van der Waals surface area contributed by atoms with Crippen LogP contribution in [-0.2, 0) is 16.1 Å². The number of benzene rings is 1. The summed E-state index contributed by atoms with van der Waals surface area (Å²) in [5, 5.41) is 22.6. The third kappa shape index (κ3) is 4.98. The zero-order chi connectivity index (χ0) is 22.8. The van der Waals surface area contributed by atoms with Crippen molar-refractivity contribution in [3.63, 3.8) is 0 Å². The topological polar surface area (TPSA) is 127 Å². The Bertz CT molecular complexity index is 1130. The summed E-state index contributed by atoms with van der Waals surface area (Å²) in [7, 11) is 0. The van der Waals surface area contributed by atoms with Gasteiger partial charge in [0.1, 0.15) is 19.0 Å². The number of thiazole rings is 1. The summed E-state index contributed by atoms with van der Waals surface area (Å²) in [6, 6.07) is 3.75. The van der Waals surface area contributed by atoms with E-state index in [-0.39, 0.29) is 37.7 Å². The molecule has 1 amide bonds. The number of aliphatic hydroxyl groups excluding tert-OH is 2. The first-order valence-electron chi connectivity index (χ1n) is 11.2. The maximum Gasteiger partial charge on any atom is 0.229 e. The van der Waals surface area contributed by atoms with Gasteiger partial charge in [-0.3, -0.25) is 4.79 Å². The number of nitrogens with one attached hydrogen (secondary N) is 1. The number of aliphatic hydroxyl groups is 2. The molecule has 2 heterocycles. The molecule has 5 rings (SSSR count). The largest absolute Gasteiger partial charge is 0.489 e. The van der Waals surface area contributed by atoms with Gasteiger partial charge in [-0.1, -0.05) is 11.3 Å². The quantitative estimate of drug-likeness (QED) is 0.436. The van der Waals surface area contributed by atoms with Crippen molar-refractivity contribution in [2.24, 2.45) is 5.92 Å². The zero-order valence-corrected chi connectivity index (χ0v) is 18.9. The highest BCUT2D eigenvalue weighted by atomic mass is 32.1. The van der Waals surface area contributed by atoms with Gasteiger partial charge < -0.3 is 25.0 Å². The molecule has 0 aliphatic heterocycles. The van der Waals surface area contributed by atoms with E-state index in [9.17, 15) is 15.0 Å². The van der Waals surface area contributed by atoms with E-state index in [1.807, 2.05) is 12.1 Å². The Labute approximate surface area is 194 Å². The van der Waals surface area contributed by atoms with Crippen molar-refractivity contribution < 1.29 is 24.5 Å². The molecule has 3 aromatic rings. The molecule has 2 fully saturated rings. The Morgan fingerprint density at radius 1 is 1.18 bits per heavy atom. The van der Waals surface area contributed by atoms with E-state index in [2.05, 4.69) is 20.3 Å². The molecule has 174 valence electrons. The number of amides is 1. The Kier molecular flexibility index (Phi) is 6.50. The highest BCUT2D eigenvalue weighted by molar-refractivity contribution is 7.22. The number of rotatable bonds is 9. The molecule has 3 N–H and O–H groups in total. The van der Waals surface area contributed by atoms with Gasteiger partial charge in [0, 0.05) is 29.4 Å². The van der Waals surface area contributed by atoms with Crippen molar-refractivity contribution in [2.75, 3.05) is 18.5 Å². The van der Waals surface area contributed by atoms with Crippen LogP contribution in [0.4, 0.5) is 5.13 Å². The van der Waals surface area contributed by atoms with Crippen LogP contribution in [0.25, 0.3) is 21.3 Å². The highest BCUT2D eigenvalue weighted by Gasteiger charge is 2.30. The molecule has 2 aliphatic carbocycles. The Balaban J connectivity index is 1.38. The number of nitrogens with zero attached hydrogens (tertiary/aromatic N) is 3. The molecule has 2 aliphatic rings. The third-order valence-corrected chi connectivity index (χ3v) is 6.87. The number of ether oxygens (including phenoxy) is 2. The second-order valence-corrected chi connectivity index (χ2v) is 9.38. The number of aromatic nitrogens is 3. The number of hydrogen-bond acceptors (Lipinski definition) is 9. The Morgan fingerprint density at radius 2 is 2.00 bits per heavy atom. The first-order chi connectivity index (χ1) is 16.1. The van der Waals surface area contributed by atoms with E-state index in [0.29, 0.717) is 22.2 Å². The fourth-order valence-electron chi connectivity index (χ4n) is 3.94. The lowest BCUT2D eigenvalue weighted by Gasteiger charge is -2.15. The molecule has 0 saturated heterocycles. The minimum atomic E-state index is -0.416. The SMILES string of the molecule is O=C(Nc1nc2ccc(-c3cnc(CO[C@H]4CCC[C@@H]4O)nc3)c(OCCO)c2s1)C1CC1. The molecule has 33 heavy (non-hydrogen) atoms. The molecule has 2 aromatic heterocycles. The summed E-state index contributed by atoms with van der Waals surface area (Å²) in [5.74, 6) is 1.21. The molecule has 2 atom stereocenters. The van der Waals surface area contributed by atoms with Gasteiger partial charge in [-0.15, -0.1) is 0 Å². The van der Waals surface area contributed by atoms with Crippen molar-refractivity contribution in [1.29, 1.82) is 0 Å². The first-order valence-corrected chi connectivity index (χ1v) is 12.0. The molecule has 0 unspecified atom stereocenters. The maximum absolute atomic E-state index is 12.1. The summed E-state index contributed by atoms with van der Waals surface area (Å²) in [4.78, 5) is 25.5. The summed E-state index contributed by atoms with van der Waals surface area (Å²) < 4.78 is 12.4. The zero-order valence-electron chi connectivity index (χ0n) is 18.1. The van der Waals surface area contributed by atoms with Crippen LogP contribution in [0, 0.1) is 5.92 Å². The van der Waals surface area contributed by atoms with E-state index in [1.165, 1.54) is 11.3 Å². The molecule has 9 nitrogen and oxygen atoms in total. The van der Waals surface area contributed by atoms with E-state index in [1.54, 1.807) is 12.4 Å². The summed E-state index contributed by atoms with van der Waals surface area (Å²) in [5.41, 5.74) is 2.24. The monoisotopic (exact) mass is 470 g/mol. The predicted molar refractivity (Wildman–Crippen MR) is 123 cm³/mol. The second-order valence-electron chi connectivity index (χ2n) is 8.38. The van der Waals surface area contributed by atoms with Gasteiger partial charge in [0.05, 0.1) is 29.0 Å². The Morgan fingerprint density at radius 3 is 2.70 bits per heavy atom. The number of anilines is 1. The van der Waals surface area contributed by atoms with Crippen LogP contribution < -0.4 is 10.1 Å². The third-order valence-electron chi connectivity index (χ3n) is 5.89. The van der Waals surface area contributed by atoms with Crippen molar-refractivity contribution in [3.05, 3.63) is 30.4 Å².